The number of nitrogens with zero attached hydrogens (tertiary/aromatic N) is 3. The van der Waals surface area contributed by atoms with Crippen molar-refractivity contribution < 1.29 is 4.74 Å². The lowest BCUT2D eigenvalue weighted by molar-refractivity contribution is 0.0987. The van der Waals surface area contributed by atoms with Crippen LogP contribution < -0.4 is 5.32 Å². The van der Waals surface area contributed by atoms with Crippen molar-refractivity contribution in [3.05, 3.63) is 47.5 Å². The fourth-order valence-electron chi connectivity index (χ4n) is 3.32. The molecule has 1 fully saturated rings. The van der Waals surface area contributed by atoms with Gasteiger partial charge in [-0.1, -0.05) is 30.3 Å². The average Bonchev–Trinajstić information content (AvgIpc) is 3.04. The predicted octanol–water partition coefficient (Wildman–Crippen LogP) is 1.67. The molecule has 0 spiro atoms. The van der Waals surface area contributed by atoms with Crippen molar-refractivity contribution in [2.24, 2.45) is 0 Å². The molecule has 2 bridgehead atoms. The van der Waals surface area contributed by atoms with Crippen LogP contribution in [0.3, 0.4) is 0 Å². The normalized spacial score (nSPS) is 23.8. The monoisotopic (exact) mass is 284 g/mol. The van der Waals surface area contributed by atoms with E-state index in [0.29, 0.717) is 25.3 Å². The highest BCUT2D eigenvalue weighted by atomic mass is 16.5. The molecular formula is C16H20N4O. The minimum Gasteiger partial charge on any atom is -0.369 e. The average molecular weight is 284 g/mol. The van der Waals surface area contributed by atoms with Gasteiger partial charge in [-0.25, -0.2) is 0 Å². The fourth-order valence-corrected chi connectivity index (χ4v) is 3.32. The summed E-state index contributed by atoms with van der Waals surface area (Å²) in [6.45, 7) is 2.12. The summed E-state index contributed by atoms with van der Waals surface area (Å²) >= 11 is 0. The fraction of sp³-hybridized carbons (Fsp3) is 0.500. The Hall–Kier alpha value is -1.72. The zero-order chi connectivity index (χ0) is 14.1. The largest absolute Gasteiger partial charge is 0.369 e. The maximum absolute atomic E-state index is 5.81. The van der Waals surface area contributed by atoms with Gasteiger partial charge in [0.1, 0.15) is 12.4 Å². The van der Waals surface area contributed by atoms with Crippen molar-refractivity contribution in [1.82, 2.24) is 20.1 Å². The molecule has 2 aliphatic heterocycles. The number of hydrogen-bond acceptors (Lipinski definition) is 4. The molecule has 1 aromatic heterocycles. The lowest BCUT2D eigenvalue weighted by Gasteiger charge is -2.13. The highest BCUT2D eigenvalue weighted by molar-refractivity contribution is 5.13. The molecular weight excluding hydrogens is 264 g/mol. The second-order valence-corrected chi connectivity index (χ2v) is 5.96. The SMILES string of the molecule is c1ccc(COCc2nnc3n2CC2CCC(C3)N2)cc1. The molecule has 1 saturated heterocycles. The van der Waals surface area contributed by atoms with Gasteiger partial charge in [-0.05, 0) is 18.4 Å². The second kappa shape index (κ2) is 5.58. The maximum atomic E-state index is 5.81. The third kappa shape index (κ3) is 2.71. The standard InChI is InChI=1S/C16H20N4O/c1-2-4-12(5-3-1)10-21-11-16-19-18-15-8-13-6-7-14(17-13)9-20(15)16/h1-5,13-14,17H,6-11H2. The van der Waals surface area contributed by atoms with Crippen LogP contribution in [-0.2, 0) is 30.9 Å². The van der Waals surface area contributed by atoms with E-state index in [2.05, 4.69) is 32.2 Å². The quantitative estimate of drug-likeness (QED) is 0.928. The molecule has 2 atom stereocenters. The molecule has 2 aliphatic rings. The first-order chi connectivity index (χ1) is 10.4. The van der Waals surface area contributed by atoms with Crippen LogP contribution in [0.2, 0.25) is 0 Å². The van der Waals surface area contributed by atoms with E-state index < -0.39 is 0 Å². The zero-order valence-electron chi connectivity index (χ0n) is 12.0. The van der Waals surface area contributed by atoms with Crippen molar-refractivity contribution >= 4 is 0 Å². The summed E-state index contributed by atoms with van der Waals surface area (Å²) in [5.74, 6) is 2.06. The Morgan fingerprint density at radius 2 is 1.95 bits per heavy atom. The third-order valence-electron chi connectivity index (χ3n) is 4.41. The summed E-state index contributed by atoms with van der Waals surface area (Å²) in [6, 6.07) is 11.4. The Balaban J connectivity index is 1.42. The smallest absolute Gasteiger partial charge is 0.159 e. The molecule has 3 heterocycles. The van der Waals surface area contributed by atoms with E-state index >= 15 is 0 Å². The van der Waals surface area contributed by atoms with Crippen molar-refractivity contribution in [2.45, 2.75) is 51.1 Å². The Labute approximate surface area is 124 Å². The lowest BCUT2D eigenvalue weighted by atomic mass is 10.1. The molecule has 2 unspecified atom stereocenters. The first-order valence-electron chi connectivity index (χ1n) is 7.67. The molecule has 4 rings (SSSR count). The Kier molecular flexibility index (Phi) is 3.45. The van der Waals surface area contributed by atoms with Gasteiger partial charge < -0.3 is 14.6 Å². The molecule has 1 N–H and O–H groups in total. The van der Waals surface area contributed by atoms with Crippen LogP contribution >= 0.6 is 0 Å². The van der Waals surface area contributed by atoms with Gasteiger partial charge in [0.05, 0.1) is 6.61 Å². The molecule has 0 saturated carbocycles. The molecule has 0 amide bonds. The van der Waals surface area contributed by atoms with Crippen LogP contribution in [0.5, 0.6) is 0 Å². The van der Waals surface area contributed by atoms with Crippen molar-refractivity contribution in [3.63, 3.8) is 0 Å². The lowest BCUT2D eigenvalue weighted by Crippen LogP contribution is -2.30. The van der Waals surface area contributed by atoms with Crippen molar-refractivity contribution in [1.29, 1.82) is 0 Å². The first kappa shape index (κ1) is 13.0. The van der Waals surface area contributed by atoms with Gasteiger partial charge in [0, 0.05) is 25.0 Å². The van der Waals surface area contributed by atoms with Gasteiger partial charge in [-0.15, -0.1) is 10.2 Å². The minimum absolute atomic E-state index is 0.527. The Morgan fingerprint density at radius 3 is 2.86 bits per heavy atom. The van der Waals surface area contributed by atoms with Gasteiger partial charge in [0.2, 0.25) is 0 Å². The number of hydrogen-bond donors (Lipinski definition) is 1. The van der Waals surface area contributed by atoms with E-state index in [0.717, 1.165) is 24.6 Å². The number of fused-ring (bicyclic) bond motifs is 3. The summed E-state index contributed by atoms with van der Waals surface area (Å²) in [7, 11) is 0. The van der Waals surface area contributed by atoms with E-state index in [1.54, 1.807) is 0 Å². The number of rotatable bonds is 4. The Bertz CT molecular complexity index is 610. The van der Waals surface area contributed by atoms with E-state index in [1.165, 1.54) is 18.4 Å². The van der Waals surface area contributed by atoms with Gasteiger partial charge >= 0.3 is 0 Å². The van der Waals surface area contributed by atoms with E-state index in [4.69, 9.17) is 4.74 Å². The highest BCUT2D eigenvalue weighted by Crippen LogP contribution is 2.22. The summed E-state index contributed by atoms with van der Waals surface area (Å²) in [4.78, 5) is 0. The molecule has 21 heavy (non-hydrogen) atoms. The minimum atomic E-state index is 0.527. The topological polar surface area (TPSA) is 52.0 Å². The molecule has 2 aromatic rings. The van der Waals surface area contributed by atoms with Crippen molar-refractivity contribution in [2.75, 3.05) is 0 Å². The molecule has 0 radical (unpaired) electrons. The molecule has 0 aliphatic carbocycles. The highest BCUT2D eigenvalue weighted by Gasteiger charge is 2.30. The second-order valence-electron chi connectivity index (χ2n) is 5.96. The summed E-state index contributed by atoms with van der Waals surface area (Å²) < 4.78 is 8.06. The number of ether oxygens (including phenoxy) is 1. The molecule has 110 valence electrons. The van der Waals surface area contributed by atoms with Crippen LogP contribution in [0, 0.1) is 0 Å². The first-order valence-corrected chi connectivity index (χ1v) is 7.67. The molecule has 5 nitrogen and oxygen atoms in total. The number of aromatic nitrogens is 3. The summed E-state index contributed by atoms with van der Waals surface area (Å²) in [6.07, 6.45) is 3.51. The van der Waals surface area contributed by atoms with Gasteiger partial charge in [-0.2, -0.15) is 0 Å². The van der Waals surface area contributed by atoms with Crippen LogP contribution in [-0.4, -0.2) is 26.8 Å². The van der Waals surface area contributed by atoms with Gasteiger partial charge in [-0.3, -0.25) is 0 Å². The number of nitrogens with one attached hydrogen (secondary N) is 1. The zero-order valence-corrected chi connectivity index (χ0v) is 12.0. The van der Waals surface area contributed by atoms with Gasteiger partial charge in [0.25, 0.3) is 0 Å². The van der Waals surface area contributed by atoms with Crippen LogP contribution in [0.25, 0.3) is 0 Å². The molecule has 1 aromatic carbocycles. The third-order valence-corrected chi connectivity index (χ3v) is 4.41. The Morgan fingerprint density at radius 1 is 1.10 bits per heavy atom. The van der Waals surface area contributed by atoms with Crippen LogP contribution in [0.15, 0.2) is 30.3 Å². The van der Waals surface area contributed by atoms with Crippen LogP contribution in [0.4, 0.5) is 0 Å². The summed E-state index contributed by atoms with van der Waals surface area (Å²) in [5.41, 5.74) is 1.19. The number of benzene rings is 1. The summed E-state index contributed by atoms with van der Waals surface area (Å²) in [5, 5.41) is 12.3. The maximum Gasteiger partial charge on any atom is 0.159 e. The van der Waals surface area contributed by atoms with Crippen LogP contribution in [0.1, 0.15) is 30.1 Å². The van der Waals surface area contributed by atoms with E-state index in [9.17, 15) is 0 Å². The predicted molar refractivity (Wildman–Crippen MR) is 78.6 cm³/mol. The van der Waals surface area contributed by atoms with E-state index in [1.807, 2.05) is 18.2 Å². The van der Waals surface area contributed by atoms with E-state index in [-0.39, 0.29) is 0 Å². The van der Waals surface area contributed by atoms with Crippen molar-refractivity contribution in [3.8, 4) is 0 Å². The molecule has 5 heteroatoms. The van der Waals surface area contributed by atoms with Gasteiger partial charge in [0.15, 0.2) is 5.82 Å².